The minimum atomic E-state index is 0.343. The van der Waals surface area contributed by atoms with E-state index < -0.39 is 0 Å². The van der Waals surface area contributed by atoms with Gasteiger partial charge in [-0.25, -0.2) is 0 Å². The molecule has 0 saturated carbocycles. The van der Waals surface area contributed by atoms with Crippen LogP contribution in [0.4, 0.5) is 0 Å². The van der Waals surface area contributed by atoms with Crippen molar-refractivity contribution < 1.29 is 0 Å². The Kier molecular flexibility index (Phi) is 3.24. The predicted molar refractivity (Wildman–Crippen MR) is 68.2 cm³/mol. The zero-order valence-corrected chi connectivity index (χ0v) is 11.1. The van der Waals surface area contributed by atoms with E-state index in [1.165, 1.54) is 0 Å². The van der Waals surface area contributed by atoms with Crippen molar-refractivity contribution in [2.45, 2.75) is 13.0 Å². The molecule has 1 aliphatic heterocycles. The number of amidine groups is 1. The highest BCUT2D eigenvalue weighted by molar-refractivity contribution is 9.10. The zero-order chi connectivity index (χ0) is 11.0. The molecule has 2 rings (SSSR count). The molecule has 1 heterocycles. The second kappa shape index (κ2) is 4.32. The molecule has 0 amide bonds. The molecule has 0 saturated heterocycles. The fraction of sp³-hybridized carbons (Fsp3) is 0.300. The molecule has 5 heteroatoms. The number of aliphatic imine (C=N–C) groups is 1. The summed E-state index contributed by atoms with van der Waals surface area (Å²) in [5.41, 5.74) is 0.783. The lowest BCUT2D eigenvalue weighted by atomic mass is 10.2. The van der Waals surface area contributed by atoms with Gasteiger partial charge >= 0.3 is 0 Å². The fourth-order valence-corrected chi connectivity index (χ4v) is 2.86. The van der Waals surface area contributed by atoms with E-state index in [0.29, 0.717) is 16.1 Å². The summed E-state index contributed by atoms with van der Waals surface area (Å²) in [6.45, 7) is 2.83. The molecule has 0 fully saturated rings. The van der Waals surface area contributed by atoms with Crippen LogP contribution in [0.5, 0.6) is 0 Å². The second-order valence-corrected chi connectivity index (χ2v) is 5.21. The van der Waals surface area contributed by atoms with Gasteiger partial charge in [-0.05, 0) is 19.1 Å². The van der Waals surface area contributed by atoms with Gasteiger partial charge in [-0.1, -0.05) is 39.1 Å². The average Bonchev–Trinajstić information content (AvgIpc) is 2.49. The molecule has 1 aromatic rings. The van der Waals surface area contributed by atoms with Crippen LogP contribution < -0.4 is 5.32 Å². The molecule has 15 heavy (non-hydrogen) atoms. The molecule has 1 N–H and O–H groups in total. The van der Waals surface area contributed by atoms with E-state index in [1.807, 2.05) is 12.1 Å². The van der Waals surface area contributed by atoms with Gasteiger partial charge in [0.15, 0.2) is 0 Å². The van der Waals surface area contributed by atoms with Gasteiger partial charge in [-0.2, -0.15) is 0 Å². The van der Waals surface area contributed by atoms with Crippen molar-refractivity contribution in [3.8, 4) is 0 Å². The number of halogens is 3. The summed E-state index contributed by atoms with van der Waals surface area (Å²) < 4.78 is 0.868. The number of hydrogen-bond donors (Lipinski definition) is 1. The molecule has 0 radical (unpaired) electrons. The van der Waals surface area contributed by atoms with Gasteiger partial charge in [-0.15, -0.1) is 0 Å². The maximum absolute atomic E-state index is 6.13. The molecule has 2 nitrogen and oxygen atoms in total. The third-order valence-corrected chi connectivity index (χ3v) is 3.20. The van der Waals surface area contributed by atoms with Crippen molar-refractivity contribution >= 4 is 45.0 Å². The van der Waals surface area contributed by atoms with E-state index in [4.69, 9.17) is 23.2 Å². The lowest BCUT2D eigenvalue weighted by Crippen LogP contribution is -2.28. The van der Waals surface area contributed by atoms with E-state index in [9.17, 15) is 0 Å². The van der Waals surface area contributed by atoms with E-state index in [2.05, 4.69) is 33.2 Å². The van der Waals surface area contributed by atoms with Gasteiger partial charge in [0.05, 0.1) is 22.2 Å². The maximum atomic E-state index is 6.13. The van der Waals surface area contributed by atoms with Crippen molar-refractivity contribution in [1.29, 1.82) is 0 Å². The fourth-order valence-electron chi connectivity index (χ4n) is 1.47. The first-order valence-corrected chi connectivity index (χ1v) is 6.08. The number of hydrogen-bond acceptors (Lipinski definition) is 2. The Bertz CT molecular complexity index is 408. The first-order valence-electron chi connectivity index (χ1n) is 4.54. The first-order chi connectivity index (χ1) is 7.08. The molecule has 1 aliphatic rings. The van der Waals surface area contributed by atoms with Crippen LogP contribution in [0.2, 0.25) is 10.0 Å². The molecule has 1 unspecified atom stereocenters. The average molecular weight is 308 g/mol. The Balaban J connectivity index is 2.45. The van der Waals surface area contributed by atoms with Gasteiger partial charge in [-0.3, -0.25) is 4.99 Å². The summed E-state index contributed by atoms with van der Waals surface area (Å²) in [6.07, 6.45) is 0. The standard InChI is InChI=1S/C10H9BrCl2N2/c1-5-4-14-10(15-5)9-7(12)2-6(11)3-8(9)13/h2-3,5H,4H2,1H3,(H,14,15). The van der Waals surface area contributed by atoms with E-state index in [-0.39, 0.29) is 0 Å². The second-order valence-electron chi connectivity index (χ2n) is 3.48. The number of rotatable bonds is 1. The van der Waals surface area contributed by atoms with Gasteiger partial charge in [0, 0.05) is 10.5 Å². The van der Waals surface area contributed by atoms with E-state index in [0.717, 1.165) is 22.4 Å². The molecule has 0 aromatic heterocycles. The van der Waals surface area contributed by atoms with Crippen LogP contribution in [0.1, 0.15) is 12.5 Å². The Morgan fingerprint density at radius 2 is 2.00 bits per heavy atom. The predicted octanol–water partition coefficient (Wildman–Crippen LogP) is 3.49. The summed E-state index contributed by atoms with van der Waals surface area (Å²) in [5, 5.41) is 4.45. The third kappa shape index (κ3) is 2.30. The van der Waals surface area contributed by atoms with Gasteiger partial charge in [0.25, 0.3) is 0 Å². The maximum Gasteiger partial charge on any atom is 0.131 e. The largest absolute Gasteiger partial charge is 0.365 e. The van der Waals surface area contributed by atoms with Crippen molar-refractivity contribution in [1.82, 2.24) is 5.32 Å². The zero-order valence-electron chi connectivity index (χ0n) is 8.02. The SMILES string of the molecule is CC1CN=C(c2c(Cl)cc(Br)cc2Cl)N1. The summed E-state index contributed by atoms with van der Waals surface area (Å²) in [5.74, 6) is 0.782. The summed E-state index contributed by atoms with van der Waals surface area (Å²) in [4.78, 5) is 4.36. The van der Waals surface area contributed by atoms with E-state index >= 15 is 0 Å². The smallest absolute Gasteiger partial charge is 0.131 e. The quantitative estimate of drug-likeness (QED) is 0.844. The number of nitrogens with one attached hydrogen (secondary N) is 1. The van der Waals surface area contributed by atoms with Gasteiger partial charge < -0.3 is 5.32 Å². The molecule has 0 bridgehead atoms. The monoisotopic (exact) mass is 306 g/mol. The Morgan fingerprint density at radius 3 is 2.47 bits per heavy atom. The highest BCUT2D eigenvalue weighted by Gasteiger charge is 2.19. The van der Waals surface area contributed by atoms with Crippen molar-refractivity contribution in [2.75, 3.05) is 6.54 Å². The minimum absolute atomic E-state index is 0.343. The van der Waals surface area contributed by atoms with Crippen LogP contribution in [0, 0.1) is 0 Å². The van der Waals surface area contributed by atoms with Crippen LogP contribution in [-0.2, 0) is 0 Å². The van der Waals surface area contributed by atoms with Gasteiger partial charge in [0.2, 0.25) is 0 Å². The Hall–Kier alpha value is -0.250. The van der Waals surface area contributed by atoms with Crippen LogP contribution in [-0.4, -0.2) is 18.4 Å². The summed E-state index contributed by atoms with van der Waals surface area (Å²) in [7, 11) is 0. The molecule has 0 spiro atoms. The molecule has 80 valence electrons. The summed E-state index contributed by atoms with van der Waals surface area (Å²) >= 11 is 15.6. The molecule has 1 atom stereocenters. The lowest BCUT2D eigenvalue weighted by Gasteiger charge is -2.10. The summed E-state index contributed by atoms with van der Waals surface area (Å²) in [6, 6.07) is 3.97. The molecular weight excluding hydrogens is 299 g/mol. The molecular formula is C10H9BrCl2N2. The molecule has 1 aromatic carbocycles. The topological polar surface area (TPSA) is 24.4 Å². The number of benzene rings is 1. The molecule has 0 aliphatic carbocycles. The normalized spacial score (nSPS) is 20.0. The van der Waals surface area contributed by atoms with E-state index in [1.54, 1.807) is 0 Å². The Morgan fingerprint density at radius 1 is 1.40 bits per heavy atom. The van der Waals surface area contributed by atoms with Crippen molar-refractivity contribution in [3.05, 3.63) is 32.2 Å². The van der Waals surface area contributed by atoms with Crippen LogP contribution >= 0.6 is 39.1 Å². The number of nitrogens with zero attached hydrogens (tertiary/aromatic N) is 1. The Labute approximate surface area is 107 Å². The van der Waals surface area contributed by atoms with Crippen LogP contribution in [0.3, 0.4) is 0 Å². The first kappa shape index (κ1) is 11.2. The highest BCUT2D eigenvalue weighted by atomic mass is 79.9. The van der Waals surface area contributed by atoms with Crippen LogP contribution in [0.25, 0.3) is 0 Å². The van der Waals surface area contributed by atoms with Crippen molar-refractivity contribution in [2.24, 2.45) is 4.99 Å². The lowest BCUT2D eigenvalue weighted by molar-refractivity contribution is 0.726. The highest BCUT2D eigenvalue weighted by Crippen LogP contribution is 2.30. The van der Waals surface area contributed by atoms with Crippen molar-refractivity contribution in [3.63, 3.8) is 0 Å². The third-order valence-electron chi connectivity index (χ3n) is 2.15. The van der Waals surface area contributed by atoms with Crippen LogP contribution in [0.15, 0.2) is 21.6 Å². The van der Waals surface area contributed by atoms with Gasteiger partial charge in [0.1, 0.15) is 5.84 Å². The minimum Gasteiger partial charge on any atom is -0.365 e.